The van der Waals surface area contributed by atoms with Gasteiger partial charge in [-0.05, 0) is 30.2 Å². The van der Waals surface area contributed by atoms with Crippen LogP contribution in [0.5, 0.6) is 0 Å². The van der Waals surface area contributed by atoms with Crippen molar-refractivity contribution in [1.82, 2.24) is 24.4 Å². The van der Waals surface area contributed by atoms with E-state index in [0.29, 0.717) is 34.9 Å². The third kappa shape index (κ3) is 3.63. The first-order valence-electron chi connectivity index (χ1n) is 9.66. The average Bonchev–Trinajstić information content (AvgIpc) is 3.09. The third-order valence-corrected chi connectivity index (χ3v) is 5.19. The molecule has 1 aromatic carbocycles. The number of nitrogens with zero attached hydrogens (tertiary/aromatic N) is 5. The van der Waals surface area contributed by atoms with Gasteiger partial charge in [0.05, 0.1) is 17.9 Å². The molecule has 29 heavy (non-hydrogen) atoms. The predicted octanol–water partition coefficient (Wildman–Crippen LogP) is 4.10. The number of pyridine rings is 1. The van der Waals surface area contributed by atoms with Gasteiger partial charge in [-0.25, -0.2) is 4.52 Å². The highest BCUT2D eigenvalue weighted by molar-refractivity contribution is 6.30. The number of fused-ring (bicyclic) bond motifs is 3. The Morgan fingerprint density at radius 1 is 1.10 bits per heavy atom. The van der Waals surface area contributed by atoms with Crippen LogP contribution in [0.2, 0.25) is 5.02 Å². The molecule has 3 heterocycles. The second-order valence-corrected chi connectivity index (χ2v) is 7.39. The summed E-state index contributed by atoms with van der Waals surface area (Å²) in [7, 11) is 1.62. The van der Waals surface area contributed by atoms with Gasteiger partial charge in [-0.2, -0.15) is 5.10 Å². The fourth-order valence-corrected chi connectivity index (χ4v) is 3.61. The van der Waals surface area contributed by atoms with Crippen LogP contribution >= 0.6 is 11.6 Å². The molecule has 8 heteroatoms. The highest BCUT2D eigenvalue weighted by atomic mass is 35.5. The molecule has 0 saturated carbocycles. The summed E-state index contributed by atoms with van der Waals surface area (Å²) in [5, 5.41) is 14.0. The van der Waals surface area contributed by atoms with E-state index in [9.17, 15) is 4.79 Å². The number of aryl methyl sites for hydroxylation is 1. The Labute approximate surface area is 172 Å². The van der Waals surface area contributed by atoms with E-state index < -0.39 is 0 Å². The maximum atomic E-state index is 12.9. The molecule has 0 bridgehead atoms. The van der Waals surface area contributed by atoms with Crippen LogP contribution in [-0.4, -0.2) is 31.5 Å². The summed E-state index contributed by atoms with van der Waals surface area (Å²) in [5.41, 5.74) is 3.83. The van der Waals surface area contributed by atoms with Gasteiger partial charge < -0.3 is 9.30 Å². The standard InChI is InChI=1S/C21H22ClN5O2/c1-3-4-5-11-26-12-10-17-19(21(26)28)23-24-20-18(14-6-8-15(22)9-7-14)16(13-29-2)25-27(17)20/h6-10,12H,3-5,11,13H2,1-2H3. The number of rotatable bonds is 7. The Kier molecular flexibility index (Phi) is 5.60. The number of hydrogen-bond acceptors (Lipinski definition) is 5. The summed E-state index contributed by atoms with van der Waals surface area (Å²) in [4.78, 5) is 12.9. The molecule has 0 spiro atoms. The Bertz CT molecular complexity index is 1210. The SMILES string of the molecule is CCCCCn1ccc2c(nnc3c(-c4ccc(Cl)cc4)c(COC)nn32)c1=O. The highest BCUT2D eigenvalue weighted by Crippen LogP contribution is 2.30. The summed E-state index contributed by atoms with van der Waals surface area (Å²) in [5.74, 6) is 0. The molecule has 150 valence electrons. The molecule has 0 aliphatic rings. The first-order chi connectivity index (χ1) is 14.1. The molecule has 4 aromatic rings. The fraction of sp³-hybridized carbons (Fsp3) is 0.333. The van der Waals surface area contributed by atoms with Crippen molar-refractivity contribution in [2.75, 3.05) is 7.11 Å². The van der Waals surface area contributed by atoms with E-state index in [1.54, 1.807) is 22.4 Å². The molecule has 0 unspecified atom stereocenters. The van der Waals surface area contributed by atoms with Crippen LogP contribution in [0.1, 0.15) is 31.9 Å². The lowest BCUT2D eigenvalue weighted by molar-refractivity contribution is 0.181. The number of benzene rings is 1. The van der Waals surface area contributed by atoms with E-state index in [1.807, 2.05) is 30.3 Å². The van der Waals surface area contributed by atoms with E-state index in [2.05, 4.69) is 22.2 Å². The number of aromatic nitrogens is 5. The molecule has 0 aliphatic heterocycles. The average molecular weight is 412 g/mol. The van der Waals surface area contributed by atoms with Gasteiger partial charge in [0, 0.05) is 24.9 Å². The smallest absolute Gasteiger partial charge is 0.280 e. The Balaban J connectivity index is 1.90. The molecule has 0 atom stereocenters. The van der Waals surface area contributed by atoms with Crippen molar-refractivity contribution in [2.45, 2.75) is 39.3 Å². The largest absolute Gasteiger partial charge is 0.378 e. The zero-order chi connectivity index (χ0) is 20.4. The van der Waals surface area contributed by atoms with Gasteiger partial charge in [0.1, 0.15) is 5.52 Å². The van der Waals surface area contributed by atoms with Crippen molar-refractivity contribution in [3.8, 4) is 11.1 Å². The number of halogens is 1. The second-order valence-electron chi connectivity index (χ2n) is 6.95. The van der Waals surface area contributed by atoms with Gasteiger partial charge in [0.15, 0.2) is 11.2 Å². The van der Waals surface area contributed by atoms with E-state index >= 15 is 0 Å². The number of hydrogen-bond donors (Lipinski definition) is 0. The summed E-state index contributed by atoms with van der Waals surface area (Å²) in [6.45, 7) is 3.13. The minimum Gasteiger partial charge on any atom is -0.378 e. The molecule has 0 saturated heterocycles. The van der Waals surface area contributed by atoms with Gasteiger partial charge in [0.25, 0.3) is 5.56 Å². The molecule has 0 fully saturated rings. The first-order valence-corrected chi connectivity index (χ1v) is 10.0. The highest BCUT2D eigenvalue weighted by Gasteiger charge is 2.19. The molecule has 0 N–H and O–H groups in total. The van der Waals surface area contributed by atoms with E-state index in [4.69, 9.17) is 16.3 Å². The summed E-state index contributed by atoms with van der Waals surface area (Å²) in [6.07, 6.45) is 4.95. The Morgan fingerprint density at radius 2 is 1.90 bits per heavy atom. The van der Waals surface area contributed by atoms with Gasteiger partial charge in [-0.15, -0.1) is 10.2 Å². The molecule has 0 aliphatic carbocycles. The third-order valence-electron chi connectivity index (χ3n) is 4.94. The molecule has 0 amide bonds. The lowest BCUT2D eigenvalue weighted by Gasteiger charge is -2.07. The van der Waals surface area contributed by atoms with E-state index in [0.717, 1.165) is 36.1 Å². The van der Waals surface area contributed by atoms with Gasteiger partial charge in [-0.3, -0.25) is 4.79 Å². The second kappa shape index (κ2) is 8.31. The van der Waals surface area contributed by atoms with Crippen molar-refractivity contribution >= 4 is 28.3 Å². The Morgan fingerprint density at radius 3 is 2.62 bits per heavy atom. The van der Waals surface area contributed by atoms with Crippen molar-refractivity contribution in [2.24, 2.45) is 0 Å². The first kappa shape index (κ1) is 19.5. The molecule has 4 rings (SSSR count). The molecule has 7 nitrogen and oxygen atoms in total. The van der Waals surface area contributed by atoms with E-state index in [-0.39, 0.29) is 5.56 Å². The number of ether oxygens (including phenoxy) is 1. The van der Waals surface area contributed by atoms with Gasteiger partial charge in [-0.1, -0.05) is 43.5 Å². The lowest BCUT2D eigenvalue weighted by Crippen LogP contribution is -2.21. The quantitative estimate of drug-likeness (QED) is 0.428. The minimum atomic E-state index is -0.148. The van der Waals surface area contributed by atoms with Gasteiger partial charge >= 0.3 is 0 Å². The van der Waals surface area contributed by atoms with Crippen molar-refractivity contribution in [3.63, 3.8) is 0 Å². The van der Waals surface area contributed by atoms with Gasteiger partial charge in [0.2, 0.25) is 0 Å². The maximum Gasteiger partial charge on any atom is 0.280 e. The van der Waals surface area contributed by atoms with Crippen LogP contribution in [0.15, 0.2) is 41.3 Å². The van der Waals surface area contributed by atoms with Crippen molar-refractivity contribution in [3.05, 3.63) is 57.6 Å². The van der Waals surface area contributed by atoms with Crippen LogP contribution in [0.25, 0.3) is 27.8 Å². The van der Waals surface area contributed by atoms with Crippen LogP contribution < -0.4 is 5.56 Å². The maximum absolute atomic E-state index is 12.9. The van der Waals surface area contributed by atoms with Crippen molar-refractivity contribution in [1.29, 1.82) is 0 Å². The molecular weight excluding hydrogens is 390 g/mol. The lowest BCUT2D eigenvalue weighted by atomic mass is 10.1. The summed E-state index contributed by atoms with van der Waals surface area (Å²) >= 11 is 6.04. The zero-order valence-corrected chi connectivity index (χ0v) is 17.2. The number of unbranched alkanes of at least 4 members (excludes halogenated alkanes) is 2. The van der Waals surface area contributed by atoms with Crippen LogP contribution in [0.4, 0.5) is 0 Å². The van der Waals surface area contributed by atoms with Crippen LogP contribution in [0, 0.1) is 0 Å². The van der Waals surface area contributed by atoms with Crippen LogP contribution in [-0.2, 0) is 17.9 Å². The minimum absolute atomic E-state index is 0.148. The summed E-state index contributed by atoms with van der Waals surface area (Å²) in [6, 6.07) is 9.34. The number of methoxy groups -OCH3 is 1. The van der Waals surface area contributed by atoms with E-state index in [1.165, 1.54) is 0 Å². The fourth-order valence-electron chi connectivity index (χ4n) is 3.49. The molecule has 0 radical (unpaired) electrons. The van der Waals surface area contributed by atoms with Crippen LogP contribution in [0.3, 0.4) is 0 Å². The van der Waals surface area contributed by atoms with Crippen molar-refractivity contribution < 1.29 is 4.74 Å². The topological polar surface area (TPSA) is 74.3 Å². The monoisotopic (exact) mass is 411 g/mol. The Hall–Kier alpha value is -2.77. The predicted molar refractivity (Wildman–Crippen MR) is 113 cm³/mol. The normalized spacial score (nSPS) is 11.6. The summed E-state index contributed by atoms with van der Waals surface area (Å²) < 4.78 is 8.71. The molecule has 3 aromatic heterocycles. The molecular formula is C21H22ClN5O2. The zero-order valence-electron chi connectivity index (χ0n) is 16.4.